The zero-order valence-corrected chi connectivity index (χ0v) is 16.7. The molecule has 0 aliphatic rings. The second kappa shape index (κ2) is 7.38. The topological polar surface area (TPSA) is 153 Å². The quantitative estimate of drug-likeness (QED) is 0.632. The molecule has 3 N–H and O–H groups in total. The normalized spacial score (nSPS) is 11.9. The lowest BCUT2D eigenvalue weighted by Crippen LogP contribution is -2.48. The van der Waals surface area contributed by atoms with Gasteiger partial charge < -0.3 is 15.6 Å². The molecule has 10 nitrogen and oxygen atoms in total. The monoisotopic (exact) mass is 434 g/mol. The fourth-order valence-corrected chi connectivity index (χ4v) is 5.01. The lowest BCUT2D eigenvalue weighted by molar-refractivity contribution is -0.132. The van der Waals surface area contributed by atoms with E-state index in [1.54, 1.807) is 0 Å². The van der Waals surface area contributed by atoms with Gasteiger partial charge in [-0.2, -0.15) is 12.7 Å². The van der Waals surface area contributed by atoms with Crippen LogP contribution in [0.2, 0.25) is 5.15 Å². The van der Waals surface area contributed by atoms with Crippen LogP contribution in [0, 0.1) is 0 Å². The van der Waals surface area contributed by atoms with Gasteiger partial charge in [-0.3, -0.25) is 9.59 Å². The Hall–Kier alpha value is -2.28. The zero-order valence-electron chi connectivity index (χ0n) is 14.3. The minimum Gasteiger partial charge on any atom is -0.491 e. The molecule has 2 aromatic rings. The molecule has 0 bridgehead atoms. The van der Waals surface area contributed by atoms with E-state index in [-0.39, 0.29) is 20.0 Å². The Balaban J connectivity index is 2.82. The van der Waals surface area contributed by atoms with Gasteiger partial charge in [0.2, 0.25) is 5.03 Å². The number of sulfonamides is 1. The van der Waals surface area contributed by atoms with Gasteiger partial charge in [-0.25, -0.2) is 9.97 Å². The second-order valence-corrected chi connectivity index (χ2v) is 8.59. The van der Waals surface area contributed by atoms with Crippen LogP contribution >= 0.6 is 22.9 Å². The highest BCUT2D eigenvalue weighted by molar-refractivity contribution is 7.93. The van der Waals surface area contributed by atoms with Crippen molar-refractivity contribution in [2.45, 2.75) is 24.5 Å². The van der Waals surface area contributed by atoms with Crippen molar-refractivity contribution in [3.05, 3.63) is 28.5 Å². The highest BCUT2D eigenvalue weighted by Crippen LogP contribution is 2.37. The van der Waals surface area contributed by atoms with Crippen LogP contribution in [0.3, 0.4) is 0 Å². The molecule has 13 heteroatoms. The lowest BCUT2D eigenvalue weighted by atomic mass is 10.1. The summed E-state index contributed by atoms with van der Waals surface area (Å²) in [6, 6.07) is 1.26. The molecule has 0 aliphatic carbocycles. The van der Waals surface area contributed by atoms with Crippen molar-refractivity contribution in [3.8, 4) is 5.75 Å². The predicted molar refractivity (Wildman–Crippen MR) is 97.4 cm³/mol. The van der Waals surface area contributed by atoms with E-state index < -0.39 is 38.2 Å². The van der Waals surface area contributed by atoms with E-state index in [2.05, 4.69) is 9.97 Å². The van der Waals surface area contributed by atoms with E-state index >= 15 is 0 Å². The Morgan fingerprint density at radius 2 is 2.00 bits per heavy atom. The van der Waals surface area contributed by atoms with Crippen molar-refractivity contribution >= 4 is 49.8 Å². The first-order valence-electron chi connectivity index (χ1n) is 7.16. The number of primary amides is 1. The molecule has 2 amide bonds. The minimum atomic E-state index is -4.76. The van der Waals surface area contributed by atoms with Gasteiger partial charge >= 0.3 is 0 Å². The first-order chi connectivity index (χ1) is 12.4. The van der Waals surface area contributed by atoms with Crippen molar-refractivity contribution in [2.24, 2.45) is 5.73 Å². The molecule has 2 aromatic heterocycles. The number of aromatic nitrogens is 2. The summed E-state index contributed by atoms with van der Waals surface area (Å²) < 4.78 is 31.7. The number of hydrogen-bond acceptors (Lipinski definition) is 9. The third-order valence-electron chi connectivity index (χ3n) is 3.22. The molecule has 0 aliphatic heterocycles. The van der Waals surface area contributed by atoms with Crippen LogP contribution in [0.15, 0.2) is 22.8 Å². The summed E-state index contributed by atoms with van der Waals surface area (Å²) in [4.78, 5) is 31.7. The van der Waals surface area contributed by atoms with Gasteiger partial charge in [0.05, 0.1) is 12.7 Å². The molecular formula is C14H15ClN4O6S2. The van der Waals surface area contributed by atoms with Crippen molar-refractivity contribution in [1.29, 1.82) is 0 Å². The van der Waals surface area contributed by atoms with E-state index in [0.29, 0.717) is 0 Å². The van der Waals surface area contributed by atoms with Crippen molar-refractivity contribution in [2.75, 3.05) is 11.4 Å². The number of nitrogens with two attached hydrogens (primary N) is 1. The SMILES string of the molecule is COc1c(Cl)ncnc1S(=O)(=O)N(C(=O)C(C)(C)O)c1sccc1C(N)=O. The number of ether oxygens (including phenoxy) is 1. The number of rotatable bonds is 6. The first kappa shape index (κ1) is 21.0. The lowest BCUT2D eigenvalue weighted by Gasteiger charge is -2.27. The number of halogens is 1. The highest BCUT2D eigenvalue weighted by atomic mass is 35.5. The number of methoxy groups -OCH3 is 1. The third-order valence-corrected chi connectivity index (χ3v) is 6.11. The fourth-order valence-electron chi connectivity index (χ4n) is 1.98. The summed E-state index contributed by atoms with van der Waals surface area (Å²) in [7, 11) is -3.62. The van der Waals surface area contributed by atoms with Gasteiger partial charge in [-0.1, -0.05) is 11.6 Å². The molecular weight excluding hydrogens is 420 g/mol. The summed E-state index contributed by atoms with van der Waals surface area (Å²) in [5, 5.41) is 10.2. The van der Waals surface area contributed by atoms with Crippen LogP contribution in [0.5, 0.6) is 5.75 Å². The molecule has 2 heterocycles. The molecule has 0 unspecified atom stereocenters. The van der Waals surface area contributed by atoms with Crippen LogP contribution < -0.4 is 14.8 Å². The van der Waals surface area contributed by atoms with Gasteiger partial charge in [0.1, 0.15) is 16.9 Å². The van der Waals surface area contributed by atoms with Gasteiger partial charge in [0.15, 0.2) is 10.9 Å². The van der Waals surface area contributed by atoms with Crippen LogP contribution in [-0.4, -0.2) is 48.0 Å². The van der Waals surface area contributed by atoms with Gasteiger partial charge in [0, 0.05) is 0 Å². The van der Waals surface area contributed by atoms with Crippen LogP contribution in [0.4, 0.5) is 5.00 Å². The predicted octanol–water partition coefficient (Wildman–Crippen LogP) is 0.792. The van der Waals surface area contributed by atoms with Crippen molar-refractivity contribution in [3.63, 3.8) is 0 Å². The molecule has 0 atom stereocenters. The van der Waals surface area contributed by atoms with Gasteiger partial charge in [-0.15, -0.1) is 11.3 Å². The summed E-state index contributed by atoms with van der Waals surface area (Å²) in [5.74, 6) is -2.59. The van der Waals surface area contributed by atoms with Crippen molar-refractivity contribution < 1.29 is 27.9 Å². The molecule has 0 saturated heterocycles. The molecule has 0 radical (unpaired) electrons. The van der Waals surface area contributed by atoms with Crippen LogP contribution in [-0.2, 0) is 14.8 Å². The number of nitrogens with zero attached hydrogens (tertiary/aromatic N) is 3. The Labute approximate surface area is 163 Å². The number of thiophene rings is 1. The number of amides is 2. The number of aliphatic hydroxyl groups is 1. The Morgan fingerprint density at radius 3 is 2.52 bits per heavy atom. The molecule has 0 aromatic carbocycles. The molecule has 2 rings (SSSR count). The zero-order chi connectivity index (χ0) is 20.6. The van der Waals surface area contributed by atoms with E-state index in [1.165, 1.54) is 11.4 Å². The average Bonchev–Trinajstić information content (AvgIpc) is 3.03. The molecule has 27 heavy (non-hydrogen) atoms. The number of hydrogen-bond donors (Lipinski definition) is 2. The van der Waals surface area contributed by atoms with Crippen LogP contribution in [0.1, 0.15) is 24.2 Å². The smallest absolute Gasteiger partial charge is 0.293 e. The van der Waals surface area contributed by atoms with E-state index in [1.807, 2.05) is 0 Å². The van der Waals surface area contributed by atoms with E-state index in [0.717, 1.165) is 38.6 Å². The fraction of sp³-hybridized carbons (Fsp3) is 0.286. The Bertz CT molecular complexity index is 999. The summed E-state index contributed by atoms with van der Waals surface area (Å²) >= 11 is 6.62. The Kier molecular flexibility index (Phi) is 5.75. The Morgan fingerprint density at radius 1 is 1.37 bits per heavy atom. The molecule has 0 fully saturated rings. The van der Waals surface area contributed by atoms with Gasteiger partial charge in [0.25, 0.3) is 21.8 Å². The summed E-state index contributed by atoms with van der Waals surface area (Å²) in [5.41, 5.74) is 2.95. The maximum atomic E-state index is 13.2. The maximum absolute atomic E-state index is 13.2. The second-order valence-electron chi connectivity index (χ2n) is 5.64. The molecule has 146 valence electrons. The highest BCUT2D eigenvalue weighted by Gasteiger charge is 2.43. The maximum Gasteiger partial charge on any atom is 0.293 e. The number of carbonyl (C=O) groups excluding carboxylic acids is 2. The minimum absolute atomic E-state index is 0.222. The molecule has 0 spiro atoms. The van der Waals surface area contributed by atoms with Gasteiger partial charge in [-0.05, 0) is 25.3 Å². The van der Waals surface area contributed by atoms with Crippen molar-refractivity contribution in [1.82, 2.24) is 9.97 Å². The largest absolute Gasteiger partial charge is 0.491 e. The number of anilines is 1. The first-order valence-corrected chi connectivity index (χ1v) is 9.86. The third kappa shape index (κ3) is 3.88. The van der Waals surface area contributed by atoms with E-state index in [9.17, 15) is 23.1 Å². The van der Waals surface area contributed by atoms with Crippen LogP contribution in [0.25, 0.3) is 0 Å². The number of carbonyl (C=O) groups is 2. The standard InChI is InChI=1S/C14H15ClN4O6S2/c1-14(2,22)13(21)19(12-7(10(16)20)4-5-26-12)27(23,24)11-8(25-3)9(15)17-6-18-11/h4-6,22H,1-3H3,(H2,16,20). The molecule has 0 saturated carbocycles. The van der Waals surface area contributed by atoms with E-state index in [4.69, 9.17) is 22.1 Å². The average molecular weight is 435 g/mol. The summed E-state index contributed by atoms with van der Waals surface area (Å²) in [6.07, 6.45) is 0.869. The summed E-state index contributed by atoms with van der Waals surface area (Å²) in [6.45, 7) is 2.19.